The summed E-state index contributed by atoms with van der Waals surface area (Å²) in [5.74, 6) is 1.53. The third-order valence-electron chi connectivity index (χ3n) is 3.19. The summed E-state index contributed by atoms with van der Waals surface area (Å²) in [5.41, 5.74) is 3.71. The first kappa shape index (κ1) is 17.8. The van der Waals surface area contributed by atoms with Crippen LogP contribution in [0, 0.1) is 0 Å². The zero-order chi connectivity index (χ0) is 17.5. The van der Waals surface area contributed by atoms with Crippen LogP contribution in [0.1, 0.15) is 15.9 Å². The Morgan fingerprint density at radius 3 is 2.38 bits per heavy atom. The van der Waals surface area contributed by atoms with Gasteiger partial charge in [0.15, 0.2) is 11.5 Å². The minimum absolute atomic E-state index is 0.312. The lowest BCUT2D eigenvalue weighted by Crippen LogP contribution is -2.17. The smallest absolute Gasteiger partial charge is 0.271 e. The summed E-state index contributed by atoms with van der Waals surface area (Å²) in [7, 11) is 4.68. The van der Waals surface area contributed by atoms with Crippen molar-refractivity contribution in [2.45, 2.75) is 0 Å². The van der Waals surface area contributed by atoms with Crippen LogP contribution >= 0.6 is 15.9 Å². The Balaban J connectivity index is 2.08. The first-order valence-electron chi connectivity index (χ1n) is 6.98. The van der Waals surface area contributed by atoms with E-state index in [0.29, 0.717) is 22.8 Å². The first-order chi connectivity index (χ1) is 11.6. The van der Waals surface area contributed by atoms with Gasteiger partial charge in [-0.05, 0) is 57.9 Å². The van der Waals surface area contributed by atoms with Gasteiger partial charge in [-0.1, -0.05) is 0 Å². The Hall–Kier alpha value is -2.54. The number of hydrazone groups is 1. The van der Waals surface area contributed by atoms with Crippen LogP contribution in [0.4, 0.5) is 0 Å². The van der Waals surface area contributed by atoms with Crippen LogP contribution in [0.2, 0.25) is 0 Å². The number of carbonyl (C=O) groups is 1. The first-order valence-corrected chi connectivity index (χ1v) is 7.77. The Morgan fingerprint density at radius 2 is 1.79 bits per heavy atom. The molecule has 0 aromatic heterocycles. The largest absolute Gasteiger partial charge is 0.497 e. The highest BCUT2D eigenvalue weighted by atomic mass is 79.9. The second-order valence-electron chi connectivity index (χ2n) is 4.67. The topological polar surface area (TPSA) is 69.2 Å². The number of amides is 1. The zero-order valence-electron chi connectivity index (χ0n) is 13.5. The third-order valence-corrected chi connectivity index (χ3v) is 3.78. The predicted molar refractivity (Wildman–Crippen MR) is 95.3 cm³/mol. The number of hydrogen-bond donors (Lipinski definition) is 1. The molecule has 2 rings (SSSR count). The number of hydrogen-bond acceptors (Lipinski definition) is 5. The van der Waals surface area contributed by atoms with Gasteiger partial charge in [-0.25, -0.2) is 5.43 Å². The SMILES string of the molecule is COc1ccc(C(=O)N/N=C\c2cc(Br)c(OC)c(OC)c2)cc1. The molecule has 0 radical (unpaired) electrons. The van der Waals surface area contributed by atoms with Crippen molar-refractivity contribution in [3.05, 3.63) is 52.0 Å². The van der Waals surface area contributed by atoms with E-state index in [9.17, 15) is 4.79 Å². The molecule has 2 aromatic rings. The molecule has 0 saturated heterocycles. The van der Waals surface area contributed by atoms with Crippen molar-refractivity contribution < 1.29 is 19.0 Å². The van der Waals surface area contributed by atoms with Crippen molar-refractivity contribution in [1.29, 1.82) is 0 Å². The minimum atomic E-state index is -0.312. The van der Waals surface area contributed by atoms with E-state index < -0.39 is 0 Å². The van der Waals surface area contributed by atoms with Gasteiger partial charge in [0.2, 0.25) is 0 Å². The van der Waals surface area contributed by atoms with Crippen molar-refractivity contribution in [2.24, 2.45) is 5.10 Å². The zero-order valence-corrected chi connectivity index (χ0v) is 15.1. The summed E-state index contributed by atoms with van der Waals surface area (Å²) in [6, 6.07) is 10.3. The molecule has 0 unspecified atom stereocenters. The molecular formula is C17H17BrN2O4. The van der Waals surface area contributed by atoms with Crippen LogP contribution in [0.3, 0.4) is 0 Å². The summed E-state index contributed by atoms with van der Waals surface area (Å²) < 4.78 is 16.3. The Kier molecular flexibility index (Phi) is 6.20. The van der Waals surface area contributed by atoms with E-state index in [0.717, 1.165) is 10.0 Å². The fourth-order valence-corrected chi connectivity index (χ4v) is 2.61. The number of carbonyl (C=O) groups excluding carboxylic acids is 1. The van der Waals surface area contributed by atoms with Gasteiger partial charge in [0.1, 0.15) is 5.75 Å². The van der Waals surface area contributed by atoms with E-state index in [4.69, 9.17) is 14.2 Å². The van der Waals surface area contributed by atoms with Gasteiger partial charge in [-0.15, -0.1) is 0 Å². The molecule has 0 heterocycles. The van der Waals surface area contributed by atoms with Gasteiger partial charge < -0.3 is 14.2 Å². The molecule has 0 atom stereocenters. The Morgan fingerprint density at radius 1 is 1.08 bits per heavy atom. The molecule has 24 heavy (non-hydrogen) atoms. The number of ether oxygens (including phenoxy) is 3. The van der Waals surface area contributed by atoms with Crippen LogP contribution in [0.25, 0.3) is 0 Å². The molecule has 0 saturated carbocycles. The Labute approximate surface area is 148 Å². The highest BCUT2D eigenvalue weighted by molar-refractivity contribution is 9.10. The average molecular weight is 393 g/mol. The average Bonchev–Trinajstić information content (AvgIpc) is 2.61. The molecular weight excluding hydrogens is 376 g/mol. The number of methoxy groups -OCH3 is 3. The molecule has 2 aromatic carbocycles. The molecule has 6 nitrogen and oxygen atoms in total. The normalized spacial score (nSPS) is 10.5. The van der Waals surface area contributed by atoms with Crippen LogP contribution in [-0.4, -0.2) is 33.5 Å². The van der Waals surface area contributed by atoms with Crippen molar-refractivity contribution in [3.63, 3.8) is 0 Å². The molecule has 0 aliphatic carbocycles. The number of nitrogens with zero attached hydrogens (tertiary/aromatic N) is 1. The number of rotatable bonds is 6. The molecule has 0 aliphatic rings. The summed E-state index contributed by atoms with van der Waals surface area (Å²) in [5, 5.41) is 3.96. The molecule has 126 valence electrons. The van der Waals surface area contributed by atoms with Gasteiger partial charge in [-0.2, -0.15) is 5.10 Å². The molecule has 1 amide bonds. The summed E-state index contributed by atoms with van der Waals surface area (Å²) in [4.78, 5) is 12.0. The fourth-order valence-electron chi connectivity index (χ4n) is 1.98. The van der Waals surface area contributed by atoms with E-state index in [1.165, 1.54) is 6.21 Å². The lowest BCUT2D eigenvalue weighted by molar-refractivity contribution is 0.0955. The van der Waals surface area contributed by atoms with Gasteiger partial charge in [0, 0.05) is 5.56 Å². The van der Waals surface area contributed by atoms with E-state index in [2.05, 4.69) is 26.5 Å². The van der Waals surface area contributed by atoms with Gasteiger partial charge in [-0.3, -0.25) is 4.79 Å². The third kappa shape index (κ3) is 4.26. The maximum absolute atomic E-state index is 12.0. The minimum Gasteiger partial charge on any atom is -0.497 e. The maximum atomic E-state index is 12.0. The van der Waals surface area contributed by atoms with E-state index in [-0.39, 0.29) is 5.91 Å². The number of benzene rings is 2. The molecule has 1 N–H and O–H groups in total. The van der Waals surface area contributed by atoms with Crippen LogP contribution in [0.15, 0.2) is 46.0 Å². The monoisotopic (exact) mass is 392 g/mol. The van der Waals surface area contributed by atoms with E-state index >= 15 is 0 Å². The number of halogens is 1. The Bertz CT molecular complexity index is 745. The molecule has 0 fully saturated rings. The fraction of sp³-hybridized carbons (Fsp3) is 0.176. The van der Waals surface area contributed by atoms with Crippen molar-refractivity contribution >= 4 is 28.1 Å². The van der Waals surface area contributed by atoms with Crippen molar-refractivity contribution in [3.8, 4) is 17.2 Å². The second-order valence-corrected chi connectivity index (χ2v) is 5.52. The molecule has 0 aliphatic heterocycles. The summed E-state index contributed by atoms with van der Waals surface area (Å²) >= 11 is 3.40. The predicted octanol–water partition coefficient (Wildman–Crippen LogP) is 3.24. The number of nitrogens with one attached hydrogen (secondary N) is 1. The highest BCUT2D eigenvalue weighted by Gasteiger charge is 2.10. The standard InChI is InChI=1S/C17H17BrN2O4/c1-22-13-6-4-12(5-7-13)17(21)20-19-10-11-8-14(18)16(24-3)15(9-11)23-2/h4-10H,1-3H3,(H,20,21)/b19-10-. The van der Waals surface area contributed by atoms with Gasteiger partial charge in [0.25, 0.3) is 5.91 Å². The van der Waals surface area contributed by atoms with Crippen LogP contribution in [-0.2, 0) is 0 Å². The summed E-state index contributed by atoms with van der Waals surface area (Å²) in [6.07, 6.45) is 1.52. The van der Waals surface area contributed by atoms with Gasteiger partial charge >= 0.3 is 0 Å². The van der Waals surface area contributed by atoms with Crippen molar-refractivity contribution in [2.75, 3.05) is 21.3 Å². The van der Waals surface area contributed by atoms with Crippen molar-refractivity contribution in [1.82, 2.24) is 5.43 Å². The quantitative estimate of drug-likeness (QED) is 0.605. The molecule has 0 bridgehead atoms. The van der Waals surface area contributed by atoms with Gasteiger partial charge in [0.05, 0.1) is 32.0 Å². The lowest BCUT2D eigenvalue weighted by atomic mass is 10.2. The maximum Gasteiger partial charge on any atom is 0.271 e. The lowest BCUT2D eigenvalue weighted by Gasteiger charge is -2.10. The molecule has 0 spiro atoms. The molecule has 7 heteroatoms. The van der Waals surface area contributed by atoms with E-state index in [1.807, 2.05) is 6.07 Å². The van der Waals surface area contributed by atoms with E-state index in [1.54, 1.807) is 51.7 Å². The second kappa shape index (κ2) is 8.35. The van der Waals surface area contributed by atoms with Crippen LogP contribution in [0.5, 0.6) is 17.2 Å². The highest BCUT2D eigenvalue weighted by Crippen LogP contribution is 2.35. The van der Waals surface area contributed by atoms with Crippen LogP contribution < -0.4 is 19.6 Å². The summed E-state index contributed by atoms with van der Waals surface area (Å²) in [6.45, 7) is 0.